The molecule has 0 atom stereocenters. The quantitative estimate of drug-likeness (QED) is 0.662. The van der Waals surface area contributed by atoms with Crippen LogP contribution in [0.25, 0.3) is 11.1 Å². The second-order valence-corrected chi connectivity index (χ2v) is 5.16. The summed E-state index contributed by atoms with van der Waals surface area (Å²) in [5.74, 6) is 0. The van der Waals surface area contributed by atoms with E-state index in [-0.39, 0.29) is 0 Å². The molecule has 0 aromatic heterocycles. The first kappa shape index (κ1) is 11.7. The highest BCUT2D eigenvalue weighted by atomic mass is 79.9. The van der Waals surface area contributed by atoms with E-state index in [1.807, 2.05) is 12.1 Å². The summed E-state index contributed by atoms with van der Waals surface area (Å²) in [6.07, 6.45) is 0. The van der Waals surface area contributed by atoms with Gasteiger partial charge in [-0.2, -0.15) is 0 Å². The molecule has 2 heteroatoms. The Balaban J connectivity index is 2.63. The Morgan fingerprint density at radius 1 is 1.00 bits per heavy atom. The molecule has 0 aliphatic carbocycles. The highest BCUT2D eigenvalue weighted by Crippen LogP contribution is 2.32. The molecular formula is C14H12BrCl. The number of aryl methyl sites for hydroxylation is 2. The maximum Gasteiger partial charge on any atom is 0.0554 e. The summed E-state index contributed by atoms with van der Waals surface area (Å²) in [5.41, 5.74) is 5.00. The van der Waals surface area contributed by atoms with Crippen molar-refractivity contribution in [2.45, 2.75) is 13.8 Å². The lowest BCUT2D eigenvalue weighted by atomic mass is 9.96. The Labute approximate surface area is 109 Å². The van der Waals surface area contributed by atoms with Crippen molar-refractivity contribution in [1.82, 2.24) is 0 Å². The molecule has 0 radical (unpaired) electrons. The number of benzene rings is 2. The Morgan fingerprint density at radius 3 is 2.19 bits per heavy atom. The van der Waals surface area contributed by atoms with Crippen molar-refractivity contribution in [2.24, 2.45) is 0 Å². The van der Waals surface area contributed by atoms with E-state index in [1.165, 1.54) is 22.3 Å². The largest absolute Gasteiger partial charge is 0.0831 e. The van der Waals surface area contributed by atoms with E-state index >= 15 is 0 Å². The van der Waals surface area contributed by atoms with Gasteiger partial charge in [0, 0.05) is 4.47 Å². The first-order valence-corrected chi connectivity index (χ1v) is 6.28. The van der Waals surface area contributed by atoms with Crippen LogP contribution in [0.15, 0.2) is 40.9 Å². The van der Waals surface area contributed by atoms with Gasteiger partial charge in [0.25, 0.3) is 0 Å². The second kappa shape index (κ2) is 4.60. The molecule has 2 aromatic rings. The summed E-state index contributed by atoms with van der Waals surface area (Å²) in [5, 5.41) is 0.750. The van der Waals surface area contributed by atoms with Crippen LogP contribution in [0.4, 0.5) is 0 Å². The Hall–Kier alpha value is -0.790. The summed E-state index contributed by atoms with van der Waals surface area (Å²) in [4.78, 5) is 0. The van der Waals surface area contributed by atoms with Crippen LogP contribution < -0.4 is 0 Å². The minimum absolute atomic E-state index is 0.750. The minimum Gasteiger partial charge on any atom is -0.0831 e. The third-order valence-electron chi connectivity index (χ3n) is 2.69. The molecule has 2 rings (SSSR count). The van der Waals surface area contributed by atoms with Crippen molar-refractivity contribution < 1.29 is 0 Å². The molecule has 0 bridgehead atoms. The molecule has 2 aromatic carbocycles. The van der Waals surface area contributed by atoms with Crippen molar-refractivity contribution in [3.8, 4) is 11.1 Å². The molecule has 0 fully saturated rings. The fourth-order valence-electron chi connectivity index (χ4n) is 1.92. The topological polar surface area (TPSA) is 0 Å². The molecule has 0 amide bonds. The zero-order valence-corrected chi connectivity index (χ0v) is 11.6. The maximum absolute atomic E-state index is 6.12. The van der Waals surface area contributed by atoms with E-state index in [0.717, 1.165) is 9.50 Å². The summed E-state index contributed by atoms with van der Waals surface area (Å²) < 4.78 is 0.934. The Kier molecular flexibility index (Phi) is 3.36. The van der Waals surface area contributed by atoms with Crippen molar-refractivity contribution in [3.63, 3.8) is 0 Å². The molecule has 0 nitrogen and oxygen atoms in total. The van der Waals surface area contributed by atoms with Crippen LogP contribution in [0.3, 0.4) is 0 Å². The molecule has 0 heterocycles. The standard InChI is InChI=1S/C14H12BrCl/c1-9-4-3-5-10(2)14(9)11-6-7-12(15)13(16)8-11/h3-8H,1-2H3. The van der Waals surface area contributed by atoms with E-state index in [0.29, 0.717) is 0 Å². The fraction of sp³-hybridized carbons (Fsp3) is 0.143. The zero-order chi connectivity index (χ0) is 11.7. The highest BCUT2D eigenvalue weighted by Gasteiger charge is 2.06. The Bertz CT molecular complexity index is 512. The predicted octanol–water partition coefficient (Wildman–Crippen LogP) is 5.39. The van der Waals surface area contributed by atoms with Gasteiger partial charge in [-0.3, -0.25) is 0 Å². The molecule has 0 saturated heterocycles. The van der Waals surface area contributed by atoms with Crippen molar-refractivity contribution in [1.29, 1.82) is 0 Å². The van der Waals surface area contributed by atoms with Crippen LogP contribution >= 0.6 is 27.5 Å². The first-order chi connectivity index (χ1) is 7.59. The fourth-order valence-corrected chi connectivity index (χ4v) is 2.35. The van der Waals surface area contributed by atoms with Crippen LogP contribution in [0.2, 0.25) is 5.02 Å². The number of hydrogen-bond acceptors (Lipinski definition) is 0. The van der Waals surface area contributed by atoms with Gasteiger partial charge in [0.15, 0.2) is 0 Å². The average molecular weight is 296 g/mol. The summed E-state index contributed by atoms with van der Waals surface area (Å²) in [6, 6.07) is 12.4. The number of hydrogen-bond donors (Lipinski definition) is 0. The summed E-state index contributed by atoms with van der Waals surface area (Å²) >= 11 is 9.53. The lowest BCUT2D eigenvalue weighted by Crippen LogP contribution is -1.87. The van der Waals surface area contributed by atoms with E-state index in [1.54, 1.807) is 0 Å². The van der Waals surface area contributed by atoms with Gasteiger partial charge < -0.3 is 0 Å². The van der Waals surface area contributed by atoms with Crippen LogP contribution in [0, 0.1) is 13.8 Å². The summed E-state index contributed by atoms with van der Waals surface area (Å²) in [6.45, 7) is 4.25. The van der Waals surface area contributed by atoms with Gasteiger partial charge >= 0.3 is 0 Å². The second-order valence-electron chi connectivity index (χ2n) is 3.90. The molecule has 0 aliphatic heterocycles. The van der Waals surface area contributed by atoms with Gasteiger partial charge in [-0.1, -0.05) is 35.9 Å². The molecule has 0 N–H and O–H groups in total. The van der Waals surface area contributed by atoms with Crippen molar-refractivity contribution in [3.05, 3.63) is 57.0 Å². The van der Waals surface area contributed by atoms with Crippen LogP contribution in [-0.2, 0) is 0 Å². The van der Waals surface area contributed by atoms with Gasteiger partial charge in [-0.15, -0.1) is 0 Å². The number of halogens is 2. The van der Waals surface area contributed by atoms with Gasteiger partial charge in [-0.25, -0.2) is 0 Å². The monoisotopic (exact) mass is 294 g/mol. The van der Waals surface area contributed by atoms with E-state index in [9.17, 15) is 0 Å². The van der Waals surface area contributed by atoms with Gasteiger partial charge in [0.2, 0.25) is 0 Å². The van der Waals surface area contributed by atoms with Gasteiger partial charge in [0.1, 0.15) is 0 Å². The minimum atomic E-state index is 0.750. The van der Waals surface area contributed by atoms with E-state index in [2.05, 4.69) is 54.0 Å². The molecule has 0 saturated carbocycles. The third kappa shape index (κ3) is 2.16. The predicted molar refractivity (Wildman–Crippen MR) is 74.1 cm³/mol. The lowest BCUT2D eigenvalue weighted by molar-refractivity contribution is 1.38. The van der Waals surface area contributed by atoms with Crippen LogP contribution in [0.1, 0.15) is 11.1 Å². The van der Waals surface area contributed by atoms with E-state index in [4.69, 9.17) is 11.6 Å². The zero-order valence-electron chi connectivity index (χ0n) is 9.22. The first-order valence-electron chi connectivity index (χ1n) is 5.11. The lowest BCUT2D eigenvalue weighted by Gasteiger charge is -2.10. The average Bonchev–Trinajstić information content (AvgIpc) is 2.23. The molecular weight excluding hydrogens is 284 g/mol. The molecule has 16 heavy (non-hydrogen) atoms. The molecule has 0 unspecified atom stereocenters. The third-order valence-corrected chi connectivity index (χ3v) is 3.92. The van der Waals surface area contributed by atoms with E-state index < -0.39 is 0 Å². The smallest absolute Gasteiger partial charge is 0.0554 e. The Morgan fingerprint density at radius 2 is 1.62 bits per heavy atom. The van der Waals surface area contributed by atoms with Gasteiger partial charge in [-0.05, 0) is 64.2 Å². The van der Waals surface area contributed by atoms with Crippen LogP contribution in [0.5, 0.6) is 0 Å². The molecule has 82 valence electrons. The summed E-state index contributed by atoms with van der Waals surface area (Å²) in [7, 11) is 0. The normalized spacial score (nSPS) is 10.5. The molecule has 0 spiro atoms. The van der Waals surface area contributed by atoms with Crippen molar-refractivity contribution >= 4 is 27.5 Å². The van der Waals surface area contributed by atoms with Gasteiger partial charge in [0.05, 0.1) is 5.02 Å². The maximum atomic E-state index is 6.12. The van der Waals surface area contributed by atoms with Crippen molar-refractivity contribution in [2.75, 3.05) is 0 Å². The SMILES string of the molecule is Cc1cccc(C)c1-c1ccc(Br)c(Cl)c1. The molecule has 0 aliphatic rings. The highest BCUT2D eigenvalue weighted by molar-refractivity contribution is 9.10. The number of rotatable bonds is 1. The van der Waals surface area contributed by atoms with Crippen LogP contribution in [-0.4, -0.2) is 0 Å².